The fourth-order valence-corrected chi connectivity index (χ4v) is 2.83. The van der Waals surface area contributed by atoms with Crippen molar-refractivity contribution in [3.05, 3.63) is 58.5 Å². The number of ether oxygens (including phenoxy) is 1. The van der Waals surface area contributed by atoms with Gasteiger partial charge in [0.25, 0.3) is 5.91 Å². The van der Waals surface area contributed by atoms with E-state index in [-0.39, 0.29) is 36.9 Å². The summed E-state index contributed by atoms with van der Waals surface area (Å²) < 4.78 is 10.3. The molecule has 2 N–H and O–H groups in total. The van der Waals surface area contributed by atoms with Crippen LogP contribution in [0.4, 0.5) is 5.69 Å². The van der Waals surface area contributed by atoms with Gasteiger partial charge in [-0.2, -0.15) is 0 Å². The van der Waals surface area contributed by atoms with Gasteiger partial charge < -0.3 is 14.1 Å². The second-order valence-electron chi connectivity index (χ2n) is 6.31. The van der Waals surface area contributed by atoms with Crippen LogP contribution in [-0.4, -0.2) is 40.7 Å². The summed E-state index contributed by atoms with van der Waals surface area (Å²) in [6.45, 7) is -0.0566. The molecule has 2 aromatic rings. The smallest absolute Gasteiger partial charge is 0.310 e. The first-order valence-electron chi connectivity index (χ1n) is 8.69. The maximum Gasteiger partial charge on any atom is 0.310 e. The van der Waals surface area contributed by atoms with Gasteiger partial charge in [-0.3, -0.25) is 35.3 Å². The normalized spacial score (nSPS) is 15.8. The van der Waals surface area contributed by atoms with Crippen LogP contribution in [0.5, 0.6) is 5.75 Å². The minimum absolute atomic E-state index is 0.0229. The minimum atomic E-state index is -0.701. The molecule has 0 saturated carbocycles. The average Bonchev–Trinajstić information content (AvgIpc) is 3.35. The van der Waals surface area contributed by atoms with Crippen molar-refractivity contribution in [1.82, 2.24) is 15.8 Å². The first-order valence-corrected chi connectivity index (χ1v) is 8.69. The molecule has 1 saturated heterocycles. The van der Waals surface area contributed by atoms with Crippen molar-refractivity contribution in [1.29, 1.82) is 0 Å². The standard InChI is InChI=1S/C18H18N4O7/c23-16(11-29-15-6-2-1-5-14(15)22(26)27)19-20-18(25)12-8-17(24)21(9-12)10-13-4-3-7-28-13/h1-7,12H,8-11H2,(H,19,23)(H,20,25). The zero-order valence-corrected chi connectivity index (χ0v) is 15.2. The van der Waals surface area contributed by atoms with Gasteiger partial charge in [-0.15, -0.1) is 0 Å². The molecule has 1 atom stereocenters. The molecule has 1 aliphatic rings. The molecule has 29 heavy (non-hydrogen) atoms. The van der Waals surface area contributed by atoms with E-state index in [0.29, 0.717) is 5.76 Å². The quantitative estimate of drug-likeness (QED) is 0.514. The second kappa shape index (κ2) is 8.87. The number of amides is 3. The molecule has 0 bridgehead atoms. The van der Waals surface area contributed by atoms with Crippen LogP contribution >= 0.6 is 0 Å². The monoisotopic (exact) mass is 402 g/mol. The summed E-state index contributed by atoms with van der Waals surface area (Å²) in [5.41, 5.74) is 4.14. The Morgan fingerprint density at radius 2 is 2.03 bits per heavy atom. The molecule has 152 valence electrons. The van der Waals surface area contributed by atoms with E-state index < -0.39 is 29.3 Å². The topological polar surface area (TPSA) is 144 Å². The van der Waals surface area contributed by atoms with Gasteiger partial charge in [0.05, 0.1) is 23.6 Å². The summed E-state index contributed by atoms with van der Waals surface area (Å²) in [6, 6.07) is 9.07. The lowest BCUT2D eigenvalue weighted by molar-refractivity contribution is -0.385. The molecule has 3 amide bonds. The Morgan fingerprint density at radius 1 is 1.24 bits per heavy atom. The number of hydrogen-bond acceptors (Lipinski definition) is 7. The molecular weight excluding hydrogens is 384 g/mol. The largest absolute Gasteiger partial charge is 0.477 e. The Labute approximate surface area is 164 Å². The maximum absolute atomic E-state index is 12.2. The predicted octanol–water partition coefficient (Wildman–Crippen LogP) is 0.763. The third-order valence-corrected chi connectivity index (χ3v) is 4.26. The van der Waals surface area contributed by atoms with Crippen molar-refractivity contribution in [3.63, 3.8) is 0 Å². The number of hydrazine groups is 1. The van der Waals surface area contributed by atoms with E-state index in [1.54, 1.807) is 12.1 Å². The average molecular weight is 402 g/mol. The van der Waals surface area contributed by atoms with Crippen molar-refractivity contribution in [2.75, 3.05) is 13.2 Å². The second-order valence-corrected chi connectivity index (χ2v) is 6.31. The van der Waals surface area contributed by atoms with Crippen LogP contribution < -0.4 is 15.6 Å². The van der Waals surface area contributed by atoms with Crippen LogP contribution in [0, 0.1) is 16.0 Å². The molecule has 11 heteroatoms. The van der Waals surface area contributed by atoms with Gasteiger partial charge in [0, 0.05) is 19.0 Å². The number of hydrogen-bond donors (Lipinski definition) is 2. The Bertz CT molecular complexity index is 913. The summed E-state index contributed by atoms with van der Waals surface area (Å²) in [4.78, 5) is 47.9. The molecule has 11 nitrogen and oxygen atoms in total. The summed E-state index contributed by atoms with van der Waals surface area (Å²) >= 11 is 0. The number of nitrogens with zero attached hydrogens (tertiary/aromatic N) is 2. The lowest BCUT2D eigenvalue weighted by Gasteiger charge is -2.15. The van der Waals surface area contributed by atoms with Gasteiger partial charge in [0.2, 0.25) is 11.8 Å². The molecule has 0 radical (unpaired) electrons. The van der Waals surface area contributed by atoms with Gasteiger partial charge in [0.1, 0.15) is 5.76 Å². The van der Waals surface area contributed by atoms with Crippen molar-refractivity contribution < 1.29 is 28.5 Å². The van der Waals surface area contributed by atoms with Gasteiger partial charge in [-0.1, -0.05) is 12.1 Å². The fourth-order valence-electron chi connectivity index (χ4n) is 2.83. The SMILES string of the molecule is O=C(COc1ccccc1[N+](=O)[O-])NNC(=O)C1CC(=O)N(Cc2ccco2)C1. The van der Waals surface area contributed by atoms with Gasteiger partial charge in [-0.05, 0) is 18.2 Å². The van der Waals surface area contributed by atoms with Crippen molar-refractivity contribution in [2.24, 2.45) is 5.92 Å². The number of nitro groups is 1. The number of furan rings is 1. The van der Waals surface area contributed by atoms with Crippen LogP contribution in [0.15, 0.2) is 47.1 Å². The van der Waals surface area contributed by atoms with Crippen LogP contribution in [0.1, 0.15) is 12.2 Å². The van der Waals surface area contributed by atoms with E-state index >= 15 is 0 Å². The molecule has 1 aromatic carbocycles. The van der Waals surface area contributed by atoms with Gasteiger partial charge in [0.15, 0.2) is 12.4 Å². The zero-order valence-electron chi connectivity index (χ0n) is 15.2. The fraction of sp³-hybridized carbons (Fsp3) is 0.278. The molecule has 2 heterocycles. The minimum Gasteiger partial charge on any atom is -0.477 e. The molecule has 3 rings (SSSR count). The highest BCUT2D eigenvalue weighted by molar-refractivity contribution is 5.90. The van der Waals surface area contributed by atoms with Crippen LogP contribution in [0.25, 0.3) is 0 Å². The van der Waals surface area contributed by atoms with Crippen LogP contribution in [0.2, 0.25) is 0 Å². The summed E-state index contributed by atoms with van der Waals surface area (Å²) in [5, 5.41) is 10.9. The highest BCUT2D eigenvalue weighted by Gasteiger charge is 2.34. The van der Waals surface area contributed by atoms with Crippen LogP contribution in [0.3, 0.4) is 0 Å². The van der Waals surface area contributed by atoms with E-state index in [9.17, 15) is 24.5 Å². The van der Waals surface area contributed by atoms with E-state index in [2.05, 4.69) is 10.9 Å². The van der Waals surface area contributed by atoms with E-state index in [1.807, 2.05) is 0 Å². The number of rotatable bonds is 7. The Hall–Kier alpha value is -3.89. The number of nitrogens with one attached hydrogen (secondary N) is 2. The number of likely N-dealkylation sites (tertiary alicyclic amines) is 1. The molecule has 1 aromatic heterocycles. The Kier molecular flexibility index (Phi) is 6.07. The molecular formula is C18H18N4O7. The van der Waals surface area contributed by atoms with E-state index in [1.165, 1.54) is 35.4 Å². The van der Waals surface area contributed by atoms with Crippen LogP contribution in [-0.2, 0) is 20.9 Å². The third-order valence-electron chi connectivity index (χ3n) is 4.26. The first kappa shape index (κ1) is 19.9. The van der Waals surface area contributed by atoms with E-state index in [0.717, 1.165) is 0 Å². The van der Waals surface area contributed by atoms with Gasteiger partial charge >= 0.3 is 5.69 Å². The summed E-state index contributed by atoms with van der Waals surface area (Å²) in [5.74, 6) is -1.47. The number of nitro benzene ring substituents is 1. The molecule has 0 aliphatic carbocycles. The summed E-state index contributed by atoms with van der Waals surface area (Å²) in [7, 11) is 0. The molecule has 0 spiro atoms. The number of carbonyl (C=O) groups excluding carboxylic acids is 3. The molecule has 1 aliphatic heterocycles. The summed E-state index contributed by atoms with van der Waals surface area (Å²) in [6.07, 6.45) is 1.52. The maximum atomic E-state index is 12.2. The van der Waals surface area contributed by atoms with Crippen molar-refractivity contribution in [3.8, 4) is 5.75 Å². The lowest BCUT2D eigenvalue weighted by atomic mass is 10.1. The van der Waals surface area contributed by atoms with Crippen molar-refractivity contribution >= 4 is 23.4 Å². The first-order chi connectivity index (χ1) is 13.9. The molecule has 1 fully saturated rings. The highest BCUT2D eigenvalue weighted by atomic mass is 16.6. The van der Waals surface area contributed by atoms with Gasteiger partial charge in [-0.25, -0.2) is 0 Å². The Balaban J connectivity index is 1.44. The predicted molar refractivity (Wildman–Crippen MR) is 97.1 cm³/mol. The Morgan fingerprint density at radius 3 is 2.76 bits per heavy atom. The highest BCUT2D eigenvalue weighted by Crippen LogP contribution is 2.25. The van der Waals surface area contributed by atoms with E-state index in [4.69, 9.17) is 9.15 Å². The van der Waals surface area contributed by atoms with Crippen molar-refractivity contribution in [2.45, 2.75) is 13.0 Å². The lowest BCUT2D eigenvalue weighted by Crippen LogP contribution is -2.46. The molecule has 1 unspecified atom stereocenters. The number of carbonyl (C=O) groups is 3. The zero-order chi connectivity index (χ0) is 20.8. The number of benzene rings is 1. The number of para-hydroxylation sites is 2. The third kappa shape index (κ3) is 5.09.